The first-order valence-corrected chi connectivity index (χ1v) is 12.4. The number of hydrogen-bond donors (Lipinski definition) is 0. The summed E-state index contributed by atoms with van der Waals surface area (Å²) in [6, 6.07) is 7.57. The van der Waals surface area contributed by atoms with Crippen molar-refractivity contribution >= 4 is 21.4 Å². The van der Waals surface area contributed by atoms with E-state index in [2.05, 4.69) is 0 Å². The average molecular weight is 494 g/mol. The molecule has 2 aromatic carbocycles. The van der Waals surface area contributed by atoms with Crippen LogP contribution < -0.4 is 19.1 Å². The molecule has 11 heteroatoms. The molecule has 0 aliphatic carbocycles. The molecule has 2 aromatic rings. The highest BCUT2D eigenvalue weighted by molar-refractivity contribution is 7.89. The van der Waals surface area contributed by atoms with Gasteiger partial charge in [0.05, 0.1) is 31.1 Å². The number of nitro benzene ring substituents is 1. The Morgan fingerprint density at radius 3 is 2.41 bits per heavy atom. The largest absolute Gasteiger partial charge is 0.493 e. The van der Waals surface area contributed by atoms with Crippen LogP contribution in [0.5, 0.6) is 17.2 Å². The van der Waals surface area contributed by atoms with E-state index >= 15 is 0 Å². The zero-order valence-corrected chi connectivity index (χ0v) is 20.9. The second-order valence-electron chi connectivity index (χ2n) is 8.37. The van der Waals surface area contributed by atoms with Crippen molar-refractivity contribution in [3.8, 4) is 17.2 Å². The molecule has 1 aliphatic rings. The summed E-state index contributed by atoms with van der Waals surface area (Å²) < 4.78 is 43.9. The molecule has 1 aliphatic heterocycles. The quantitative estimate of drug-likeness (QED) is 0.384. The van der Waals surface area contributed by atoms with Gasteiger partial charge in [0.25, 0.3) is 5.69 Å². The maximum Gasteiger partial charge on any atom is 0.293 e. The summed E-state index contributed by atoms with van der Waals surface area (Å²) in [7, 11) is 2.40. The van der Waals surface area contributed by atoms with E-state index in [1.54, 1.807) is 24.1 Å². The van der Waals surface area contributed by atoms with E-state index in [4.69, 9.17) is 14.2 Å². The fraction of sp³-hybridized carbons (Fsp3) is 0.478. The van der Waals surface area contributed by atoms with Gasteiger partial charge >= 0.3 is 0 Å². The molecule has 10 nitrogen and oxygen atoms in total. The SMILES string of the molecule is COc1ccc(CN(C)c2ccc(S(=O)(=O)N3CCC[C@H](C)C3)cc2[N+](=O)[O-])c(OC)c1OC. The minimum Gasteiger partial charge on any atom is -0.493 e. The number of nitrogens with zero attached hydrogens (tertiary/aromatic N) is 3. The average Bonchev–Trinajstić information content (AvgIpc) is 2.83. The lowest BCUT2D eigenvalue weighted by molar-refractivity contribution is -0.384. The van der Waals surface area contributed by atoms with Gasteiger partial charge in [0, 0.05) is 38.3 Å². The van der Waals surface area contributed by atoms with Crippen molar-refractivity contribution < 1.29 is 27.6 Å². The van der Waals surface area contributed by atoms with Gasteiger partial charge in [0.15, 0.2) is 11.5 Å². The number of piperidine rings is 1. The summed E-state index contributed by atoms with van der Waals surface area (Å²) >= 11 is 0. The van der Waals surface area contributed by atoms with Crippen molar-refractivity contribution in [1.82, 2.24) is 4.31 Å². The van der Waals surface area contributed by atoms with E-state index in [0.717, 1.165) is 24.5 Å². The van der Waals surface area contributed by atoms with Gasteiger partial charge in [-0.05, 0) is 43.0 Å². The van der Waals surface area contributed by atoms with Crippen LogP contribution in [0.15, 0.2) is 35.2 Å². The van der Waals surface area contributed by atoms with Crippen molar-refractivity contribution in [3.63, 3.8) is 0 Å². The smallest absolute Gasteiger partial charge is 0.293 e. The maximum absolute atomic E-state index is 13.1. The van der Waals surface area contributed by atoms with E-state index < -0.39 is 14.9 Å². The first kappa shape index (κ1) is 25.6. The molecule has 186 valence electrons. The molecular formula is C23H31N3O7S. The number of rotatable bonds is 9. The van der Waals surface area contributed by atoms with Crippen molar-refractivity contribution in [2.45, 2.75) is 31.2 Å². The van der Waals surface area contributed by atoms with Gasteiger partial charge < -0.3 is 19.1 Å². The molecule has 1 atom stereocenters. The molecule has 0 N–H and O–H groups in total. The zero-order valence-electron chi connectivity index (χ0n) is 20.1. The fourth-order valence-electron chi connectivity index (χ4n) is 4.27. The predicted octanol–water partition coefficient (Wildman–Crippen LogP) is 3.68. The van der Waals surface area contributed by atoms with E-state index in [9.17, 15) is 18.5 Å². The number of anilines is 1. The monoisotopic (exact) mass is 493 g/mol. The van der Waals surface area contributed by atoms with Crippen LogP contribution in [0.3, 0.4) is 0 Å². The highest BCUT2D eigenvalue weighted by atomic mass is 32.2. The molecule has 34 heavy (non-hydrogen) atoms. The Morgan fingerprint density at radius 2 is 1.82 bits per heavy atom. The van der Waals surface area contributed by atoms with Crippen LogP contribution in [0.1, 0.15) is 25.3 Å². The van der Waals surface area contributed by atoms with Gasteiger partial charge in [0.1, 0.15) is 5.69 Å². The highest BCUT2D eigenvalue weighted by Crippen LogP contribution is 2.41. The first-order valence-electron chi connectivity index (χ1n) is 10.9. The summed E-state index contributed by atoms with van der Waals surface area (Å²) in [4.78, 5) is 12.9. The molecule has 0 saturated carbocycles. The zero-order chi connectivity index (χ0) is 25.0. The van der Waals surface area contributed by atoms with Crippen LogP contribution in [-0.2, 0) is 16.6 Å². The van der Waals surface area contributed by atoms with Crippen molar-refractivity contribution in [2.75, 3.05) is 46.4 Å². The van der Waals surface area contributed by atoms with Crippen LogP contribution >= 0.6 is 0 Å². The second-order valence-corrected chi connectivity index (χ2v) is 10.3. The van der Waals surface area contributed by atoms with Gasteiger partial charge in [-0.25, -0.2) is 8.42 Å². The first-order chi connectivity index (χ1) is 16.1. The van der Waals surface area contributed by atoms with E-state index in [-0.39, 0.29) is 28.7 Å². The Hall–Kier alpha value is -3.05. The minimum absolute atomic E-state index is 0.0749. The van der Waals surface area contributed by atoms with E-state index in [0.29, 0.717) is 30.3 Å². The lowest BCUT2D eigenvalue weighted by atomic mass is 10.0. The number of hydrogen-bond acceptors (Lipinski definition) is 8. The van der Waals surface area contributed by atoms with Crippen LogP contribution in [-0.4, -0.2) is 59.1 Å². The molecule has 0 spiro atoms. The van der Waals surface area contributed by atoms with Gasteiger partial charge in [-0.1, -0.05) is 6.92 Å². The Kier molecular flexibility index (Phi) is 7.88. The number of nitro groups is 1. The molecule has 1 saturated heterocycles. The Labute approximate surface area is 200 Å². The maximum atomic E-state index is 13.1. The second kappa shape index (κ2) is 10.5. The van der Waals surface area contributed by atoms with Crippen LogP contribution in [0.4, 0.5) is 11.4 Å². The molecule has 0 aromatic heterocycles. The molecule has 1 heterocycles. The van der Waals surface area contributed by atoms with Gasteiger partial charge in [-0.15, -0.1) is 0 Å². The predicted molar refractivity (Wildman–Crippen MR) is 128 cm³/mol. The number of benzene rings is 2. The third-order valence-electron chi connectivity index (χ3n) is 6.01. The minimum atomic E-state index is -3.82. The normalized spacial score (nSPS) is 16.7. The van der Waals surface area contributed by atoms with Gasteiger partial charge in [-0.2, -0.15) is 4.31 Å². The summed E-state index contributed by atoms with van der Waals surface area (Å²) in [5.74, 6) is 1.62. The van der Waals surface area contributed by atoms with Crippen molar-refractivity contribution in [3.05, 3.63) is 46.0 Å². The summed E-state index contributed by atoms with van der Waals surface area (Å²) in [5, 5.41) is 11.9. The molecule has 0 bridgehead atoms. The third-order valence-corrected chi connectivity index (χ3v) is 7.87. The van der Waals surface area contributed by atoms with Crippen LogP contribution in [0.2, 0.25) is 0 Å². The van der Waals surface area contributed by atoms with E-state index in [1.165, 1.54) is 37.8 Å². The number of methoxy groups -OCH3 is 3. The Bertz CT molecular complexity index is 1150. The molecule has 0 amide bonds. The Morgan fingerprint density at radius 1 is 1.12 bits per heavy atom. The number of sulfonamides is 1. The summed E-state index contributed by atoms with van der Waals surface area (Å²) in [6.45, 7) is 3.09. The topological polar surface area (TPSA) is 111 Å². The fourth-order valence-corrected chi connectivity index (χ4v) is 5.89. The number of ether oxygens (including phenoxy) is 3. The third kappa shape index (κ3) is 5.05. The molecule has 0 radical (unpaired) electrons. The van der Waals surface area contributed by atoms with Crippen molar-refractivity contribution in [2.24, 2.45) is 5.92 Å². The van der Waals surface area contributed by atoms with Gasteiger partial charge in [-0.3, -0.25) is 10.1 Å². The highest BCUT2D eigenvalue weighted by Gasteiger charge is 2.31. The molecule has 1 fully saturated rings. The summed E-state index contributed by atoms with van der Waals surface area (Å²) in [6.07, 6.45) is 1.74. The van der Waals surface area contributed by atoms with E-state index in [1.807, 2.05) is 6.92 Å². The molecule has 3 rings (SSSR count). The summed E-state index contributed by atoms with van der Waals surface area (Å²) in [5.41, 5.74) is 0.719. The van der Waals surface area contributed by atoms with Crippen LogP contribution in [0, 0.1) is 16.0 Å². The molecule has 0 unspecified atom stereocenters. The van der Waals surface area contributed by atoms with Crippen LogP contribution in [0.25, 0.3) is 0 Å². The Balaban J connectivity index is 1.96. The lowest BCUT2D eigenvalue weighted by Gasteiger charge is -2.30. The lowest BCUT2D eigenvalue weighted by Crippen LogP contribution is -2.39. The van der Waals surface area contributed by atoms with Crippen molar-refractivity contribution in [1.29, 1.82) is 0 Å². The van der Waals surface area contributed by atoms with Gasteiger partial charge in [0.2, 0.25) is 15.8 Å². The standard InChI is InChI=1S/C23H31N3O7S/c1-16-7-6-12-25(14-16)34(29,30)18-9-10-19(20(13-18)26(27)28)24(2)15-17-8-11-21(31-3)23(33-5)22(17)32-4/h8-11,13,16H,6-7,12,14-15H2,1-5H3/t16-/m0/s1. The molecular weight excluding hydrogens is 462 g/mol.